The van der Waals surface area contributed by atoms with Crippen LogP contribution in [0.5, 0.6) is 0 Å². The Labute approximate surface area is 115 Å². The first-order chi connectivity index (χ1) is 8.90. The van der Waals surface area contributed by atoms with Gasteiger partial charge in [0.1, 0.15) is 5.69 Å². The van der Waals surface area contributed by atoms with Gasteiger partial charge in [-0.15, -0.1) is 0 Å². The van der Waals surface area contributed by atoms with E-state index in [4.69, 9.17) is 17.3 Å². The molecule has 2 aromatic rings. The molecule has 2 rings (SSSR count). The minimum absolute atomic E-state index is 0.00772. The van der Waals surface area contributed by atoms with Crippen molar-refractivity contribution >= 4 is 17.3 Å². The number of nitrogens with zero attached hydrogens (tertiary/aromatic N) is 2. The van der Waals surface area contributed by atoms with Crippen LogP contribution in [0.15, 0.2) is 24.4 Å². The maximum atomic E-state index is 13.1. The van der Waals surface area contributed by atoms with Crippen molar-refractivity contribution in [2.75, 3.05) is 5.73 Å². The molecule has 0 saturated carbocycles. The van der Waals surface area contributed by atoms with Gasteiger partial charge < -0.3 is 5.73 Å². The van der Waals surface area contributed by atoms with E-state index in [1.165, 1.54) is 10.9 Å². The molecular weight excluding hydrogens is 272 g/mol. The van der Waals surface area contributed by atoms with Crippen molar-refractivity contribution in [2.24, 2.45) is 0 Å². The molecule has 2 N–H and O–H groups in total. The lowest BCUT2D eigenvalue weighted by atomic mass is 10.1. The zero-order chi connectivity index (χ0) is 14.2. The van der Waals surface area contributed by atoms with E-state index in [1.807, 2.05) is 13.8 Å². The van der Waals surface area contributed by atoms with Crippen molar-refractivity contribution in [1.29, 1.82) is 0 Å². The predicted molar refractivity (Wildman–Crippen MR) is 72.4 cm³/mol. The summed E-state index contributed by atoms with van der Waals surface area (Å²) in [6.07, 6.45) is -1.26. The number of anilines is 1. The monoisotopic (exact) mass is 285 g/mol. The van der Waals surface area contributed by atoms with Gasteiger partial charge in [-0.05, 0) is 32.0 Å². The number of hydrogen-bond donors (Lipinski definition) is 1. The maximum absolute atomic E-state index is 13.1. The average Bonchev–Trinajstić information content (AvgIpc) is 2.77. The van der Waals surface area contributed by atoms with Crippen LogP contribution in [-0.4, -0.2) is 9.78 Å². The molecule has 0 aliphatic heterocycles. The van der Waals surface area contributed by atoms with Crippen molar-refractivity contribution in [3.05, 3.63) is 35.0 Å². The van der Waals surface area contributed by atoms with Crippen LogP contribution < -0.4 is 5.73 Å². The van der Waals surface area contributed by atoms with Gasteiger partial charge in [0.05, 0.1) is 5.56 Å². The van der Waals surface area contributed by atoms with E-state index in [0.717, 1.165) is 0 Å². The predicted octanol–water partition coefficient (Wildman–Crippen LogP) is 4.30. The lowest BCUT2D eigenvalue weighted by Gasteiger charge is -2.06. The van der Waals surface area contributed by atoms with Gasteiger partial charge in [0, 0.05) is 28.5 Å². The van der Waals surface area contributed by atoms with Gasteiger partial charge in [0.25, 0.3) is 6.43 Å². The second kappa shape index (κ2) is 5.17. The van der Waals surface area contributed by atoms with Gasteiger partial charge in [-0.3, -0.25) is 4.68 Å². The SMILES string of the molecule is CC(C)n1cc(C(F)F)c(-c2cc(Cl)ccc2N)n1. The summed E-state index contributed by atoms with van der Waals surface area (Å²) in [5.41, 5.74) is 6.68. The third-order valence-electron chi connectivity index (χ3n) is 2.79. The molecule has 0 radical (unpaired) electrons. The fourth-order valence-electron chi connectivity index (χ4n) is 1.77. The van der Waals surface area contributed by atoms with Crippen molar-refractivity contribution in [3.8, 4) is 11.3 Å². The highest BCUT2D eigenvalue weighted by Gasteiger charge is 2.21. The van der Waals surface area contributed by atoms with Crippen molar-refractivity contribution in [3.63, 3.8) is 0 Å². The minimum Gasteiger partial charge on any atom is -0.398 e. The quantitative estimate of drug-likeness (QED) is 0.854. The second-order valence-corrected chi connectivity index (χ2v) is 4.98. The topological polar surface area (TPSA) is 43.8 Å². The van der Waals surface area contributed by atoms with Gasteiger partial charge in [-0.25, -0.2) is 8.78 Å². The normalized spacial score (nSPS) is 11.5. The van der Waals surface area contributed by atoms with Gasteiger partial charge in [0.15, 0.2) is 0 Å². The molecule has 0 atom stereocenters. The number of halogens is 3. The third kappa shape index (κ3) is 2.71. The molecule has 19 heavy (non-hydrogen) atoms. The number of alkyl halides is 2. The fourth-order valence-corrected chi connectivity index (χ4v) is 1.95. The highest BCUT2D eigenvalue weighted by atomic mass is 35.5. The molecule has 1 aromatic carbocycles. The Morgan fingerprint density at radius 2 is 2.00 bits per heavy atom. The van der Waals surface area contributed by atoms with E-state index in [-0.39, 0.29) is 17.3 Å². The van der Waals surface area contributed by atoms with E-state index in [1.54, 1.807) is 18.2 Å². The molecule has 0 aliphatic rings. The summed E-state index contributed by atoms with van der Waals surface area (Å²) < 4.78 is 27.7. The van der Waals surface area contributed by atoms with Crippen LogP contribution in [0.1, 0.15) is 31.9 Å². The molecule has 0 saturated heterocycles. The minimum atomic E-state index is -2.61. The van der Waals surface area contributed by atoms with E-state index in [9.17, 15) is 8.78 Å². The highest BCUT2D eigenvalue weighted by Crippen LogP contribution is 2.35. The molecule has 3 nitrogen and oxygen atoms in total. The summed E-state index contributed by atoms with van der Waals surface area (Å²) in [6.45, 7) is 3.74. The van der Waals surface area contributed by atoms with Crippen LogP contribution in [0.2, 0.25) is 5.02 Å². The molecule has 0 amide bonds. The van der Waals surface area contributed by atoms with Crippen molar-refractivity contribution < 1.29 is 8.78 Å². The van der Waals surface area contributed by atoms with Crippen LogP contribution in [0.25, 0.3) is 11.3 Å². The number of nitrogens with two attached hydrogens (primary N) is 1. The van der Waals surface area contributed by atoms with Crippen molar-refractivity contribution in [2.45, 2.75) is 26.3 Å². The summed E-state index contributed by atoms with van der Waals surface area (Å²) in [5.74, 6) is 0. The van der Waals surface area contributed by atoms with E-state index in [2.05, 4.69) is 5.10 Å². The average molecular weight is 286 g/mol. The number of aromatic nitrogens is 2. The van der Waals surface area contributed by atoms with Crippen molar-refractivity contribution in [1.82, 2.24) is 9.78 Å². The van der Waals surface area contributed by atoms with Crippen LogP contribution >= 0.6 is 11.6 Å². The molecule has 102 valence electrons. The summed E-state index contributed by atoms with van der Waals surface area (Å²) in [4.78, 5) is 0. The molecule has 0 bridgehead atoms. The molecule has 0 fully saturated rings. The Hall–Kier alpha value is -1.62. The van der Waals surface area contributed by atoms with Crippen LogP contribution in [0.4, 0.5) is 14.5 Å². The van der Waals surface area contributed by atoms with Gasteiger partial charge >= 0.3 is 0 Å². The zero-order valence-corrected chi connectivity index (χ0v) is 11.3. The number of rotatable bonds is 3. The lowest BCUT2D eigenvalue weighted by molar-refractivity contribution is 0.152. The number of nitrogen functional groups attached to an aromatic ring is 1. The molecular formula is C13H14ClF2N3. The summed E-state index contributed by atoms with van der Waals surface area (Å²) in [5, 5.41) is 4.63. The summed E-state index contributed by atoms with van der Waals surface area (Å²) in [7, 11) is 0. The smallest absolute Gasteiger partial charge is 0.267 e. The van der Waals surface area contributed by atoms with E-state index in [0.29, 0.717) is 16.3 Å². The van der Waals surface area contributed by atoms with Crippen LogP contribution in [0.3, 0.4) is 0 Å². The Balaban J connectivity index is 2.63. The zero-order valence-electron chi connectivity index (χ0n) is 10.6. The summed E-state index contributed by atoms with van der Waals surface area (Å²) in [6, 6.07) is 4.74. The Kier molecular flexibility index (Phi) is 3.75. The summed E-state index contributed by atoms with van der Waals surface area (Å²) >= 11 is 5.89. The van der Waals surface area contributed by atoms with Crippen LogP contribution in [-0.2, 0) is 0 Å². The molecule has 0 aliphatic carbocycles. The first-order valence-corrected chi connectivity index (χ1v) is 6.20. The van der Waals surface area contributed by atoms with Gasteiger partial charge in [-0.1, -0.05) is 11.6 Å². The molecule has 0 spiro atoms. The Bertz CT molecular complexity index is 594. The largest absolute Gasteiger partial charge is 0.398 e. The molecule has 0 unspecified atom stereocenters. The first kappa shape index (κ1) is 13.8. The molecule has 1 aromatic heterocycles. The first-order valence-electron chi connectivity index (χ1n) is 5.82. The van der Waals surface area contributed by atoms with E-state index < -0.39 is 6.43 Å². The Morgan fingerprint density at radius 3 is 2.58 bits per heavy atom. The number of hydrogen-bond acceptors (Lipinski definition) is 2. The highest BCUT2D eigenvalue weighted by molar-refractivity contribution is 6.31. The number of benzene rings is 1. The van der Waals surface area contributed by atoms with Gasteiger partial charge in [-0.2, -0.15) is 5.10 Å². The van der Waals surface area contributed by atoms with Gasteiger partial charge in [0.2, 0.25) is 0 Å². The second-order valence-electron chi connectivity index (χ2n) is 4.54. The van der Waals surface area contributed by atoms with Crippen LogP contribution in [0, 0.1) is 0 Å². The fraction of sp³-hybridized carbons (Fsp3) is 0.308. The maximum Gasteiger partial charge on any atom is 0.267 e. The third-order valence-corrected chi connectivity index (χ3v) is 3.03. The molecule has 1 heterocycles. The van der Waals surface area contributed by atoms with E-state index >= 15 is 0 Å². The lowest BCUT2D eigenvalue weighted by Crippen LogP contribution is -2.01. The molecule has 6 heteroatoms. The Morgan fingerprint density at radius 1 is 1.32 bits per heavy atom. The standard InChI is InChI=1S/C13H14ClF2N3/c1-7(2)19-6-10(13(15)16)12(18-19)9-5-8(14)3-4-11(9)17/h3-7,13H,17H2,1-2H3.